The fourth-order valence-corrected chi connectivity index (χ4v) is 4.19. The van der Waals surface area contributed by atoms with Gasteiger partial charge in [-0.1, -0.05) is 30.3 Å². The molecule has 1 saturated heterocycles. The quantitative estimate of drug-likeness (QED) is 0.877. The molecule has 0 unspecified atom stereocenters. The number of carbonyl (C=O) groups is 1. The SMILES string of the molecule is O=C(NCc1ccccc1)Nc1cc(N2CCCS2(=O)=O)ccc1F. The van der Waals surface area contributed by atoms with Gasteiger partial charge in [0, 0.05) is 13.1 Å². The third-order valence-corrected chi connectivity index (χ3v) is 5.75. The Kier molecular flexibility index (Phi) is 4.89. The second kappa shape index (κ2) is 7.10. The number of rotatable bonds is 4. The van der Waals surface area contributed by atoms with Gasteiger partial charge in [0.25, 0.3) is 0 Å². The summed E-state index contributed by atoms with van der Waals surface area (Å²) >= 11 is 0. The minimum absolute atomic E-state index is 0.0647. The highest BCUT2D eigenvalue weighted by Gasteiger charge is 2.28. The van der Waals surface area contributed by atoms with E-state index in [9.17, 15) is 17.6 Å². The lowest BCUT2D eigenvalue weighted by Gasteiger charge is -2.18. The van der Waals surface area contributed by atoms with Gasteiger partial charge >= 0.3 is 6.03 Å². The maximum atomic E-state index is 14.0. The number of amides is 2. The van der Waals surface area contributed by atoms with Crippen LogP contribution in [0.15, 0.2) is 48.5 Å². The summed E-state index contributed by atoms with van der Waals surface area (Å²) in [4.78, 5) is 12.0. The Balaban J connectivity index is 1.69. The number of benzene rings is 2. The van der Waals surface area contributed by atoms with Crippen LogP contribution < -0.4 is 14.9 Å². The predicted molar refractivity (Wildman–Crippen MR) is 94.5 cm³/mol. The Morgan fingerprint density at radius 2 is 1.92 bits per heavy atom. The normalized spacial score (nSPS) is 15.8. The molecule has 0 radical (unpaired) electrons. The highest BCUT2D eigenvalue weighted by Crippen LogP contribution is 2.28. The molecule has 0 atom stereocenters. The molecule has 2 amide bonds. The topological polar surface area (TPSA) is 78.5 Å². The molecule has 6 nitrogen and oxygen atoms in total. The summed E-state index contributed by atoms with van der Waals surface area (Å²) in [5.74, 6) is -0.555. The highest BCUT2D eigenvalue weighted by molar-refractivity contribution is 7.93. The second-order valence-electron chi connectivity index (χ2n) is 5.70. The van der Waals surface area contributed by atoms with Crippen LogP contribution in [0.2, 0.25) is 0 Å². The van der Waals surface area contributed by atoms with E-state index in [0.717, 1.165) is 11.6 Å². The fraction of sp³-hybridized carbons (Fsp3) is 0.235. The number of hydrogen-bond donors (Lipinski definition) is 2. The molecular weight excluding hydrogens is 345 g/mol. The van der Waals surface area contributed by atoms with E-state index >= 15 is 0 Å². The van der Waals surface area contributed by atoms with Crippen molar-refractivity contribution in [1.82, 2.24) is 5.32 Å². The standard InChI is InChI=1S/C17H18FN3O3S/c18-15-8-7-14(21-9-4-10-25(21,23)24)11-16(15)20-17(22)19-12-13-5-2-1-3-6-13/h1-3,5-8,11H,4,9-10,12H2,(H2,19,20,22). The van der Waals surface area contributed by atoms with Crippen LogP contribution in [0.5, 0.6) is 0 Å². The predicted octanol–water partition coefficient (Wildman–Crippen LogP) is 2.69. The first kappa shape index (κ1) is 17.2. The second-order valence-corrected chi connectivity index (χ2v) is 7.71. The largest absolute Gasteiger partial charge is 0.334 e. The molecule has 132 valence electrons. The third-order valence-electron chi connectivity index (χ3n) is 3.88. The van der Waals surface area contributed by atoms with Crippen molar-refractivity contribution >= 4 is 27.4 Å². The van der Waals surface area contributed by atoms with Crippen LogP contribution in [0, 0.1) is 5.82 Å². The molecule has 1 heterocycles. The summed E-state index contributed by atoms with van der Waals surface area (Å²) in [5.41, 5.74) is 1.19. The fourth-order valence-electron chi connectivity index (χ4n) is 2.64. The number of nitrogens with zero attached hydrogens (tertiary/aromatic N) is 1. The van der Waals surface area contributed by atoms with Gasteiger partial charge < -0.3 is 10.6 Å². The van der Waals surface area contributed by atoms with Gasteiger partial charge in [0.2, 0.25) is 10.0 Å². The van der Waals surface area contributed by atoms with Crippen LogP contribution in [-0.2, 0) is 16.6 Å². The van der Waals surface area contributed by atoms with E-state index < -0.39 is 21.9 Å². The van der Waals surface area contributed by atoms with Gasteiger partial charge in [-0.3, -0.25) is 4.31 Å². The average molecular weight is 363 g/mol. The molecular formula is C17H18FN3O3S. The minimum atomic E-state index is -3.36. The summed E-state index contributed by atoms with van der Waals surface area (Å²) < 4.78 is 39.1. The summed E-state index contributed by atoms with van der Waals surface area (Å²) in [5, 5.41) is 5.06. The summed E-state index contributed by atoms with van der Waals surface area (Å²) in [6.07, 6.45) is 0.528. The minimum Gasteiger partial charge on any atom is -0.334 e. The molecule has 3 rings (SSSR count). The maximum absolute atomic E-state index is 14.0. The van der Waals surface area contributed by atoms with E-state index in [1.54, 1.807) is 0 Å². The summed E-state index contributed by atoms with van der Waals surface area (Å²) in [6, 6.07) is 12.6. The van der Waals surface area contributed by atoms with Crippen molar-refractivity contribution in [2.45, 2.75) is 13.0 Å². The smallest absolute Gasteiger partial charge is 0.319 e. The molecule has 2 aromatic carbocycles. The lowest BCUT2D eigenvalue weighted by Crippen LogP contribution is -2.29. The first-order valence-corrected chi connectivity index (χ1v) is 9.45. The van der Waals surface area contributed by atoms with Gasteiger partial charge in [-0.2, -0.15) is 0 Å². The van der Waals surface area contributed by atoms with Crippen LogP contribution >= 0.6 is 0 Å². The monoisotopic (exact) mass is 363 g/mol. The van der Waals surface area contributed by atoms with Gasteiger partial charge in [-0.15, -0.1) is 0 Å². The van der Waals surface area contributed by atoms with Gasteiger partial charge in [-0.05, 0) is 30.2 Å². The first-order chi connectivity index (χ1) is 12.0. The van der Waals surface area contributed by atoms with E-state index in [0.29, 0.717) is 25.2 Å². The van der Waals surface area contributed by atoms with Crippen LogP contribution in [0.1, 0.15) is 12.0 Å². The average Bonchev–Trinajstić information content (AvgIpc) is 2.95. The van der Waals surface area contributed by atoms with E-state index in [2.05, 4.69) is 10.6 Å². The van der Waals surface area contributed by atoms with Crippen molar-refractivity contribution in [2.75, 3.05) is 21.9 Å². The molecule has 1 aliphatic rings. The maximum Gasteiger partial charge on any atom is 0.319 e. The number of hydrogen-bond acceptors (Lipinski definition) is 3. The zero-order chi connectivity index (χ0) is 17.9. The van der Waals surface area contributed by atoms with Crippen LogP contribution in [0.4, 0.5) is 20.6 Å². The molecule has 0 bridgehead atoms. The third kappa shape index (κ3) is 4.08. The molecule has 0 spiro atoms. The lowest BCUT2D eigenvalue weighted by atomic mass is 10.2. The molecule has 8 heteroatoms. The van der Waals surface area contributed by atoms with Crippen molar-refractivity contribution in [2.24, 2.45) is 0 Å². The molecule has 0 saturated carbocycles. The van der Waals surface area contributed by atoms with Crippen molar-refractivity contribution in [3.63, 3.8) is 0 Å². The molecule has 25 heavy (non-hydrogen) atoms. The van der Waals surface area contributed by atoms with E-state index in [-0.39, 0.29) is 11.4 Å². The van der Waals surface area contributed by atoms with Gasteiger partial charge in [0.1, 0.15) is 5.82 Å². The Labute approximate surface area is 145 Å². The lowest BCUT2D eigenvalue weighted by molar-refractivity contribution is 0.251. The molecule has 0 aromatic heterocycles. The summed E-state index contributed by atoms with van der Waals surface area (Å²) in [6.45, 7) is 0.655. The summed E-state index contributed by atoms with van der Waals surface area (Å²) in [7, 11) is -3.36. The Bertz CT molecular complexity index is 872. The number of urea groups is 1. The number of carbonyl (C=O) groups excluding carboxylic acids is 1. The highest BCUT2D eigenvalue weighted by atomic mass is 32.2. The van der Waals surface area contributed by atoms with E-state index in [1.807, 2.05) is 30.3 Å². The number of nitrogens with one attached hydrogen (secondary N) is 2. The van der Waals surface area contributed by atoms with Gasteiger partial charge in [0.15, 0.2) is 0 Å². The Morgan fingerprint density at radius 3 is 2.60 bits per heavy atom. The Hall–Kier alpha value is -2.61. The van der Waals surface area contributed by atoms with Crippen molar-refractivity contribution in [3.8, 4) is 0 Å². The zero-order valence-electron chi connectivity index (χ0n) is 13.4. The van der Waals surface area contributed by atoms with Crippen LogP contribution in [-0.4, -0.2) is 26.7 Å². The van der Waals surface area contributed by atoms with Crippen LogP contribution in [0.3, 0.4) is 0 Å². The van der Waals surface area contributed by atoms with Crippen LogP contribution in [0.25, 0.3) is 0 Å². The Morgan fingerprint density at radius 1 is 1.16 bits per heavy atom. The van der Waals surface area contributed by atoms with Gasteiger partial charge in [-0.25, -0.2) is 17.6 Å². The van der Waals surface area contributed by atoms with Crippen molar-refractivity contribution in [1.29, 1.82) is 0 Å². The molecule has 1 aliphatic heterocycles. The van der Waals surface area contributed by atoms with Crippen molar-refractivity contribution < 1.29 is 17.6 Å². The number of anilines is 2. The molecule has 1 fully saturated rings. The van der Waals surface area contributed by atoms with Crippen molar-refractivity contribution in [3.05, 3.63) is 59.9 Å². The van der Waals surface area contributed by atoms with E-state index in [4.69, 9.17) is 0 Å². The zero-order valence-corrected chi connectivity index (χ0v) is 14.2. The molecule has 2 aromatic rings. The molecule has 0 aliphatic carbocycles. The molecule has 2 N–H and O–H groups in total. The number of halogens is 1. The van der Waals surface area contributed by atoms with E-state index in [1.165, 1.54) is 16.4 Å². The first-order valence-electron chi connectivity index (χ1n) is 7.84. The number of sulfonamides is 1. The van der Waals surface area contributed by atoms with Gasteiger partial charge in [0.05, 0.1) is 17.1 Å².